The monoisotopic (exact) mass is 370 g/mol. The van der Waals surface area contributed by atoms with Gasteiger partial charge in [-0.1, -0.05) is 0 Å². The zero-order valence-corrected chi connectivity index (χ0v) is 15.6. The zero-order valence-electron chi connectivity index (χ0n) is 14.8. The van der Waals surface area contributed by atoms with Crippen LogP contribution in [0.5, 0.6) is 0 Å². The maximum absolute atomic E-state index is 12.6. The molecule has 1 aliphatic carbocycles. The molecule has 8 nitrogen and oxygen atoms in total. The molecule has 1 aromatic rings. The second-order valence-corrected chi connectivity index (χ2v) is 8.50. The van der Waals surface area contributed by atoms with Gasteiger partial charge in [-0.2, -0.15) is 0 Å². The van der Waals surface area contributed by atoms with Crippen molar-refractivity contribution in [3.8, 4) is 0 Å². The van der Waals surface area contributed by atoms with Crippen LogP contribution in [0.15, 0.2) is 11.2 Å². The molecule has 0 radical (unpaired) electrons. The second-order valence-electron chi connectivity index (χ2n) is 6.78. The average molecular weight is 370 g/mol. The average Bonchev–Trinajstić information content (AvgIpc) is 3.38. The van der Waals surface area contributed by atoms with Crippen LogP contribution in [0, 0.1) is 12.8 Å². The van der Waals surface area contributed by atoms with E-state index in [1.165, 1.54) is 6.20 Å². The highest BCUT2D eigenvalue weighted by molar-refractivity contribution is 7.89. The summed E-state index contributed by atoms with van der Waals surface area (Å²) < 4.78 is 34.3. The molecule has 25 heavy (non-hydrogen) atoms. The molecule has 2 aliphatic rings. The molecule has 140 valence electrons. The van der Waals surface area contributed by atoms with E-state index in [2.05, 4.69) is 9.71 Å². The number of nitrogens with one attached hydrogen (secondary N) is 1. The Kier molecular flexibility index (Phi) is 5.45. The van der Waals surface area contributed by atoms with Gasteiger partial charge in [0.1, 0.15) is 5.82 Å². The van der Waals surface area contributed by atoms with Crippen LogP contribution in [0.2, 0.25) is 0 Å². The highest BCUT2D eigenvalue weighted by atomic mass is 32.2. The van der Waals surface area contributed by atoms with Crippen molar-refractivity contribution in [2.45, 2.75) is 43.7 Å². The summed E-state index contributed by atoms with van der Waals surface area (Å²) in [7, 11) is -1.91. The zero-order chi connectivity index (χ0) is 18.0. The van der Waals surface area contributed by atoms with Crippen LogP contribution in [-0.4, -0.2) is 61.1 Å². The largest absolute Gasteiger partial charge is 0.381 e. The minimum Gasteiger partial charge on any atom is -0.381 e. The third-order valence-electron chi connectivity index (χ3n) is 4.85. The molecule has 2 fully saturated rings. The van der Waals surface area contributed by atoms with E-state index in [1.54, 1.807) is 18.5 Å². The van der Waals surface area contributed by atoms with Gasteiger partial charge < -0.3 is 14.2 Å². The van der Waals surface area contributed by atoms with E-state index in [-0.39, 0.29) is 29.4 Å². The Balaban J connectivity index is 1.61. The summed E-state index contributed by atoms with van der Waals surface area (Å²) in [5.41, 5.74) is 0. The standard InChI is InChI=1S/C16H26N4O4S/c1-12-18-15(11-19(12)2)25(22,23)17-7-8-20(16(21)13-3-4-13)14-5-9-24-10-6-14/h11,13-14,17H,3-10H2,1-2H3. The van der Waals surface area contributed by atoms with Gasteiger partial charge in [-0.05, 0) is 32.6 Å². The summed E-state index contributed by atoms with van der Waals surface area (Å²) in [4.78, 5) is 18.5. The third-order valence-corrected chi connectivity index (χ3v) is 6.18. The Bertz CT molecular complexity index is 701. The van der Waals surface area contributed by atoms with Crippen LogP contribution in [0.4, 0.5) is 0 Å². The summed E-state index contributed by atoms with van der Waals surface area (Å²) in [5.74, 6) is 0.908. The van der Waals surface area contributed by atoms with Crippen molar-refractivity contribution in [3.05, 3.63) is 12.0 Å². The Morgan fingerprint density at radius 3 is 2.60 bits per heavy atom. The summed E-state index contributed by atoms with van der Waals surface area (Å²) in [6, 6.07) is 0.142. The minimum atomic E-state index is -3.66. The number of aromatic nitrogens is 2. The van der Waals surface area contributed by atoms with Crippen LogP contribution < -0.4 is 4.72 Å². The van der Waals surface area contributed by atoms with Gasteiger partial charge in [-0.3, -0.25) is 4.79 Å². The third kappa shape index (κ3) is 4.39. The summed E-state index contributed by atoms with van der Waals surface area (Å²) in [6.07, 6.45) is 4.99. The molecule has 0 spiro atoms. The fraction of sp³-hybridized carbons (Fsp3) is 0.750. The number of imidazole rings is 1. The Labute approximate surface area is 148 Å². The fourth-order valence-electron chi connectivity index (χ4n) is 3.06. The number of sulfonamides is 1. The summed E-state index contributed by atoms with van der Waals surface area (Å²) >= 11 is 0. The second kappa shape index (κ2) is 7.43. The summed E-state index contributed by atoms with van der Waals surface area (Å²) in [6.45, 7) is 3.62. The van der Waals surface area contributed by atoms with Crippen LogP contribution in [0.3, 0.4) is 0 Å². The predicted octanol–water partition coefficient (Wildman–Crippen LogP) is 0.424. The van der Waals surface area contributed by atoms with Gasteiger partial charge in [0.05, 0.1) is 0 Å². The molecule has 3 rings (SSSR count). The van der Waals surface area contributed by atoms with E-state index in [0.29, 0.717) is 25.6 Å². The maximum Gasteiger partial charge on any atom is 0.259 e. The fourth-order valence-corrected chi connectivity index (χ4v) is 4.12. The number of carbonyl (C=O) groups is 1. The van der Waals surface area contributed by atoms with E-state index in [0.717, 1.165) is 25.7 Å². The lowest BCUT2D eigenvalue weighted by Gasteiger charge is -2.34. The van der Waals surface area contributed by atoms with E-state index in [9.17, 15) is 13.2 Å². The van der Waals surface area contributed by atoms with Crippen molar-refractivity contribution in [3.63, 3.8) is 0 Å². The molecule has 0 aromatic carbocycles. The number of hydrogen-bond donors (Lipinski definition) is 1. The number of ether oxygens (including phenoxy) is 1. The van der Waals surface area contributed by atoms with Crippen molar-refractivity contribution in [1.29, 1.82) is 0 Å². The lowest BCUT2D eigenvalue weighted by Crippen LogP contribution is -2.47. The molecule has 0 unspecified atom stereocenters. The van der Waals surface area contributed by atoms with Crippen molar-refractivity contribution in [2.24, 2.45) is 13.0 Å². The van der Waals surface area contributed by atoms with Crippen LogP contribution >= 0.6 is 0 Å². The Morgan fingerprint density at radius 2 is 2.04 bits per heavy atom. The first kappa shape index (κ1) is 18.3. The molecular weight excluding hydrogens is 344 g/mol. The van der Waals surface area contributed by atoms with Gasteiger partial charge in [0.2, 0.25) is 5.91 Å². The first-order chi connectivity index (χ1) is 11.9. The molecule has 1 aromatic heterocycles. The molecule has 0 atom stereocenters. The Hall–Kier alpha value is -1.45. The molecule has 1 aliphatic heterocycles. The van der Waals surface area contributed by atoms with Gasteiger partial charge in [0, 0.05) is 51.5 Å². The highest BCUT2D eigenvalue weighted by Crippen LogP contribution is 2.32. The van der Waals surface area contributed by atoms with Crippen LogP contribution in [-0.2, 0) is 26.6 Å². The number of amides is 1. The number of carbonyl (C=O) groups excluding carboxylic acids is 1. The maximum atomic E-state index is 12.6. The van der Waals surface area contributed by atoms with Crippen LogP contribution in [0.25, 0.3) is 0 Å². The SMILES string of the molecule is Cc1nc(S(=O)(=O)NCCN(C(=O)C2CC2)C2CCOCC2)cn1C. The lowest BCUT2D eigenvalue weighted by molar-refractivity contribution is -0.136. The normalized spacial score (nSPS) is 19.1. The number of hydrogen-bond acceptors (Lipinski definition) is 5. The van der Waals surface area contributed by atoms with E-state index < -0.39 is 10.0 Å². The van der Waals surface area contributed by atoms with Crippen molar-refractivity contribution < 1.29 is 17.9 Å². The van der Waals surface area contributed by atoms with Crippen LogP contribution in [0.1, 0.15) is 31.5 Å². The molecular formula is C16H26N4O4S. The first-order valence-electron chi connectivity index (χ1n) is 8.76. The predicted molar refractivity (Wildman–Crippen MR) is 91.4 cm³/mol. The first-order valence-corrected chi connectivity index (χ1v) is 10.2. The van der Waals surface area contributed by atoms with Gasteiger partial charge in [0.25, 0.3) is 10.0 Å². The molecule has 9 heteroatoms. The van der Waals surface area contributed by atoms with E-state index in [1.807, 2.05) is 4.90 Å². The molecule has 1 amide bonds. The van der Waals surface area contributed by atoms with E-state index in [4.69, 9.17) is 4.74 Å². The van der Waals surface area contributed by atoms with Crippen molar-refractivity contribution in [1.82, 2.24) is 19.2 Å². The summed E-state index contributed by atoms with van der Waals surface area (Å²) in [5, 5.41) is 0.0126. The van der Waals surface area contributed by atoms with Crippen molar-refractivity contribution in [2.75, 3.05) is 26.3 Å². The molecule has 1 N–H and O–H groups in total. The smallest absolute Gasteiger partial charge is 0.259 e. The highest BCUT2D eigenvalue weighted by Gasteiger charge is 2.36. The molecule has 0 bridgehead atoms. The topological polar surface area (TPSA) is 93.5 Å². The number of rotatable bonds is 7. The van der Waals surface area contributed by atoms with Gasteiger partial charge >= 0.3 is 0 Å². The quantitative estimate of drug-likeness (QED) is 0.751. The molecule has 1 saturated carbocycles. The molecule has 1 saturated heterocycles. The Morgan fingerprint density at radius 1 is 1.36 bits per heavy atom. The number of nitrogens with zero attached hydrogens (tertiary/aromatic N) is 3. The van der Waals surface area contributed by atoms with Gasteiger partial charge in [-0.15, -0.1) is 0 Å². The number of aryl methyl sites for hydroxylation is 2. The minimum absolute atomic E-state index is 0.0126. The van der Waals surface area contributed by atoms with Crippen molar-refractivity contribution >= 4 is 15.9 Å². The van der Waals surface area contributed by atoms with E-state index >= 15 is 0 Å². The molecule has 2 heterocycles. The van der Waals surface area contributed by atoms with Gasteiger partial charge in [-0.25, -0.2) is 18.1 Å². The van der Waals surface area contributed by atoms with Gasteiger partial charge in [0.15, 0.2) is 5.03 Å². The lowest BCUT2D eigenvalue weighted by atomic mass is 10.1.